The molecule has 4 heteroatoms. The summed E-state index contributed by atoms with van der Waals surface area (Å²) >= 11 is 3.40. The summed E-state index contributed by atoms with van der Waals surface area (Å²) in [6.45, 7) is 6.02. The Balaban J connectivity index is 2.76. The lowest BCUT2D eigenvalue weighted by atomic mass is 10.2. The molecule has 1 aromatic heterocycles. The number of hydrogen-bond donors (Lipinski definition) is 0. The molecule has 0 spiro atoms. The normalized spacial score (nSPS) is 10.3. The third-order valence-corrected chi connectivity index (χ3v) is 3.01. The maximum absolute atomic E-state index is 8.68. The van der Waals surface area contributed by atoms with Crippen LogP contribution in [0.15, 0.2) is 18.3 Å². The van der Waals surface area contributed by atoms with E-state index in [0.29, 0.717) is 12.3 Å². The van der Waals surface area contributed by atoms with Crippen LogP contribution in [0.25, 0.3) is 0 Å². The van der Waals surface area contributed by atoms with Crippen LogP contribution in [0.2, 0.25) is 0 Å². The van der Waals surface area contributed by atoms with Crippen molar-refractivity contribution in [1.82, 2.24) is 4.98 Å². The first-order valence-corrected chi connectivity index (χ1v) is 6.92. The molecule has 17 heavy (non-hydrogen) atoms. The second-order valence-electron chi connectivity index (χ2n) is 4.41. The molecule has 0 N–H and O–H groups in total. The van der Waals surface area contributed by atoms with Crippen LogP contribution in [0.3, 0.4) is 0 Å². The van der Waals surface area contributed by atoms with Crippen LogP contribution in [0.1, 0.15) is 25.8 Å². The van der Waals surface area contributed by atoms with E-state index < -0.39 is 0 Å². The van der Waals surface area contributed by atoms with Gasteiger partial charge in [0, 0.05) is 24.6 Å². The van der Waals surface area contributed by atoms with Crippen molar-refractivity contribution in [3.05, 3.63) is 23.9 Å². The van der Waals surface area contributed by atoms with E-state index in [1.165, 1.54) is 5.56 Å². The second kappa shape index (κ2) is 7.29. The third-order valence-electron chi connectivity index (χ3n) is 2.37. The maximum Gasteiger partial charge on any atom is 0.128 e. The fraction of sp³-hybridized carbons (Fsp3) is 0.538. The van der Waals surface area contributed by atoms with Crippen LogP contribution < -0.4 is 4.90 Å². The van der Waals surface area contributed by atoms with Gasteiger partial charge in [0.2, 0.25) is 0 Å². The Morgan fingerprint density at radius 2 is 2.24 bits per heavy atom. The van der Waals surface area contributed by atoms with E-state index in [9.17, 15) is 0 Å². The fourth-order valence-corrected chi connectivity index (χ4v) is 1.94. The van der Waals surface area contributed by atoms with Crippen LogP contribution in [0, 0.1) is 17.2 Å². The molecular weight excluding hydrogens is 278 g/mol. The molecule has 1 aromatic rings. The number of hydrogen-bond acceptors (Lipinski definition) is 3. The minimum atomic E-state index is 0.536. The zero-order valence-corrected chi connectivity index (χ0v) is 11.9. The number of rotatable bonds is 6. The van der Waals surface area contributed by atoms with Crippen molar-refractivity contribution in [3.8, 4) is 6.07 Å². The molecule has 0 amide bonds. The second-order valence-corrected chi connectivity index (χ2v) is 4.97. The molecule has 1 rings (SSSR count). The van der Waals surface area contributed by atoms with Crippen LogP contribution >= 0.6 is 15.9 Å². The maximum atomic E-state index is 8.68. The van der Waals surface area contributed by atoms with Gasteiger partial charge in [0.05, 0.1) is 12.5 Å². The molecule has 0 aliphatic heterocycles. The van der Waals surface area contributed by atoms with Crippen molar-refractivity contribution in [2.75, 3.05) is 18.0 Å². The van der Waals surface area contributed by atoms with Gasteiger partial charge < -0.3 is 4.90 Å². The summed E-state index contributed by atoms with van der Waals surface area (Å²) in [6.07, 6.45) is 2.42. The summed E-state index contributed by atoms with van der Waals surface area (Å²) in [4.78, 5) is 6.61. The molecule has 3 nitrogen and oxygen atoms in total. The van der Waals surface area contributed by atoms with E-state index in [1.807, 2.05) is 12.3 Å². The number of nitriles is 1. The molecule has 0 atom stereocenters. The average Bonchev–Trinajstić information content (AvgIpc) is 2.34. The smallest absolute Gasteiger partial charge is 0.128 e. The lowest BCUT2D eigenvalue weighted by molar-refractivity contribution is 0.607. The van der Waals surface area contributed by atoms with Gasteiger partial charge in [-0.25, -0.2) is 4.98 Å². The van der Waals surface area contributed by atoms with Crippen LogP contribution in [0.5, 0.6) is 0 Å². The number of anilines is 1. The van der Waals surface area contributed by atoms with Crippen LogP contribution in [-0.2, 0) is 5.33 Å². The van der Waals surface area contributed by atoms with Crippen molar-refractivity contribution in [1.29, 1.82) is 5.26 Å². The third kappa shape index (κ3) is 4.74. The van der Waals surface area contributed by atoms with Crippen LogP contribution in [-0.4, -0.2) is 18.1 Å². The van der Waals surface area contributed by atoms with E-state index in [1.54, 1.807) is 0 Å². The molecule has 1 heterocycles. The summed E-state index contributed by atoms with van der Waals surface area (Å²) in [6, 6.07) is 6.28. The quantitative estimate of drug-likeness (QED) is 0.756. The molecule has 0 saturated heterocycles. The lowest BCUT2D eigenvalue weighted by Gasteiger charge is -2.24. The molecule has 0 aliphatic carbocycles. The molecule has 0 unspecified atom stereocenters. The number of aromatic nitrogens is 1. The zero-order valence-electron chi connectivity index (χ0n) is 10.4. The van der Waals surface area contributed by atoms with Crippen molar-refractivity contribution in [3.63, 3.8) is 0 Å². The van der Waals surface area contributed by atoms with E-state index in [0.717, 1.165) is 24.2 Å². The average molecular weight is 296 g/mol. The Bertz CT molecular complexity index is 367. The largest absolute Gasteiger partial charge is 0.355 e. The van der Waals surface area contributed by atoms with Gasteiger partial charge in [-0.1, -0.05) is 35.8 Å². The van der Waals surface area contributed by atoms with Gasteiger partial charge in [-0.2, -0.15) is 5.26 Å². The Labute approximate surface area is 112 Å². The van der Waals surface area contributed by atoms with Crippen molar-refractivity contribution >= 4 is 21.7 Å². The number of nitrogens with zero attached hydrogens (tertiary/aromatic N) is 3. The molecule has 0 fully saturated rings. The van der Waals surface area contributed by atoms with Crippen molar-refractivity contribution < 1.29 is 0 Å². The standard InChI is InChI=1S/C13H18BrN3/c1-11(2)10-17(7-3-6-15)13-5-4-12(8-14)9-16-13/h4-5,9,11H,3,7-8,10H2,1-2H3. The molecule has 92 valence electrons. The Kier molecular flexibility index (Phi) is 5.99. The zero-order chi connectivity index (χ0) is 12.7. The minimum absolute atomic E-state index is 0.536. The topological polar surface area (TPSA) is 39.9 Å². The first-order valence-electron chi connectivity index (χ1n) is 5.80. The fourth-order valence-electron chi connectivity index (χ4n) is 1.61. The van der Waals surface area contributed by atoms with Gasteiger partial charge in [0.15, 0.2) is 0 Å². The van der Waals surface area contributed by atoms with Gasteiger partial charge in [0.25, 0.3) is 0 Å². The summed E-state index contributed by atoms with van der Waals surface area (Å²) in [5.41, 5.74) is 1.17. The van der Waals surface area contributed by atoms with Crippen LogP contribution in [0.4, 0.5) is 5.82 Å². The molecule has 0 aliphatic rings. The summed E-state index contributed by atoms with van der Waals surface area (Å²) in [5.74, 6) is 1.52. The number of pyridine rings is 1. The van der Waals surface area contributed by atoms with E-state index in [4.69, 9.17) is 5.26 Å². The van der Waals surface area contributed by atoms with Gasteiger partial charge in [-0.15, -0.1) is 0 Å². The van der Waals surface area contributed by atoms with E-state index in [-0.39, 0.29) is 0 Å². The van der Waals surface area contributed by atoms with Crippen molar-refractivity contribution in [2.45, 2.75) is 25.6 Å². The SMILES string of the molecule is CC(C)CN(CCC#N)c1ccc(CBr)cn1. The Morgan fingerprint density at radius 1 is 1.47 bits per heavy atom. The molecule has 0 aromatic carbocycles. The Hall–Kier alpha value is -1.08. The van der Waals surface area contributed by atoms with Gasteiger partial charge in [-0.05, 0) is 17.5 Å². The highest BCUT2D eigenvalue weighted by atomic mass is 79.9. The summed E-state index contributed by atoms with van der Waals surface area (Å²) in [7, 11) is 0. The Morgan fingerprint density at radius 3 is 2.71 bits per heavy atom. The highest BCUT2D eigenvalue weighted by Gasteiger charge is 2.09. The summed E-state index contributed by atoms with van der Waals surface area (Å²) < 4.78 is 0. The van der Waals surface area contributed by atoms with Gasteiger partial charge >= 0.3 is 0 Å². The van der Waals surface area contributed by atoms with Crippen molar-refractivity contribution in [2.24, 2.45) is 5.92 Å². The van der Waals surface area contributed by atoms with E-state index in [2.05, 4.69) is 51.8 Å². The minimum Gasteiger partial charge on any atom is -0.355 e. The molecule has 0 radical (unpaired) electrons. The first-order chi connectivity index (χ1) is 8.17. The highest BCUT2D eigenvalue weighted by molar-refractivity contribution is 9.08. The van der Waals surface area contributed by atoms with Gasteiger partial charge in [0.1, 0.15) is 5.82 Å². The van der Waals surface area contributed by atoms with E-state index >= 15 is 0 Å². The lowest BCUT2D eigenvalue weighted by Crippen LogP contribution is -2.29. The molecule has 0 saturated carbocycles. The highest BCUT2D eigenvalue weighted by Crippen LogP contribution is 2.15. The molecule has 0 bridgehead atoms. The molecular formula is C13H18BrN3. The number of halogens is 1. The predicted octanol–water partition coefficient (Wildman–Crippen LogP) is 3.35. The number of alkyl halides is 1. The first kappa shape index (κ1) is 14.0. The predicted molar refractivity (Wildman–Crippen MR) is 74.1 cm³/mol. The van der Waals surface area contributed by atoms with Gasteiger partial charge in [-0.3, -0.25) is 0 Å². The monoisotopic (exact) mass is 295 g/mol. The summed E-state index contributed by atoms with van der Waals surface area (Å²) in [5, 5.41) is 9.50.